The number of ether oxygens (including phenoxy) is 2. The molecule has 0 N–H and O–H groups in total. The van der Waals surface area contributed by atoms with E-state index in [4.69, 9.17) is 14.5 Å². The van der Waals surface area contributed by atoms with E-state index in [1.54, 1.807) is 37.2 Å². The van der Waals surface area contributed by atoms with Crippen molar-refractivity contribution in [2.24, 2.45) is 7.05 Å². The number of hydrogen-bond donors (Lipinski definition) is 0. The van der Waals surface area contributed by atoms with Gasteiger partial charge in [0.2, 0.25) is 5.95 Å². The quantitative estimate of drug-likeness (QED) is 0.669. The topological polar surface area (TPSA) is 69.5 Å². The van der Waals surface area contributed by atoms with Crippen molar-refractivity contribution in [3.63, 3.8) is 0 Å². The van der Waals surface area contributed by atoms with Crippen LogP contribution >= 0.6 is 0 Å². The van der Waals surface area contributed by atoms with Gasteiger partial charge in [-0.2, -0.15) is 0 Å². The van der Waals surface area contributed by atoms with Crippen LogP contribution in [0.5, 0.6) is 5.75 Å². The smallest absolute Gasteiger partial charge is 0.255 e. The van der Waals surface area contributed by atoms with Crippen molar-refractivity contribution in [3.05, 3.63) is 70.3 Å². The Hall–Kier alpha value is -3.19. The highest BCUT2D eigenvalue weighted by molar-refractivity contribution is 5.60. The first-order chi connectivity index (χ1) is 14.7. The third-order valence-corrected chi connectivity index (χ3v) is 6.11. The summed E-state index contributed by atoms with van der Waals surface area (Å²) in [5.41, 5.74) is 3.86. The molecule has 2 aliphatic rings. The molecule has 0 amide bonds. The molecule has 1 fully saturated rings. The lowest BCUT2D eigenvalue weighted by atomic mass is 9.83. The van der Waals surface area contributed by atoms with Gasteiger partial charge < -0.3 is 14.4 Å². The minimum atomic E-state index is -0.0762. The number of methoxy groups -OCH3 is 1. The van der Waals surface area contributed by atoms with Crippen molar-refractivity contribution in [1.29, 1.82) is 0 Å². The van der Waals surface area contributed by atoms with Gasteiger partial charge in [-0.05, 0) is 36.6 Å². The van der Waals surface area contributed by atoms with E-state index in [1.807, 2.05) is 24.3 Å². The molecule has 2 aromatic heterocycles. The molecule has 3 heterocycles. The number of nitrogens with zero attached hydrogens (tertiary/aromatic N) is 4. The lowest BCUT2D eigenvalue weighted by molar-refractivity contribution is 0.00148. The Balaban J connectivity index is 1.57. The average molecular weight is 404 g/mol. The van der Waals surface area contributed by atoms with E-state index in [9.17, 15) is 4.79 Å². The summed E-state index contributed by atoms with van der Waals surface area (Å²) in [6, 6.07) is 11.6. The number of aromatic nitrogens is 3. The number of morpholine rings is 1. The summed E-state index contributed by atoms with van der Waals surface area (Å²) < 4.78 is 13.4. The van der Waals surface area contributed by atoms with E-state index < -0.39 is 0 Å². The molecule has 0 bridgehead atoms. The van der Waals surface area contributed by atoms with E-state index in [0.717, 1.165) is 24.2 Å². The maximum Gasteiger partial charge on any atom is 0.255 e. The van der Waals surface area contributed by atoms with Gasteiger partial charge in [0.1, 0.15) is 11.9 Å². The number of pyridine rings is 1. The predicted molar refractivity (Wildman–Crippen MR) is 114 cm³/mol. The van der Waals surface area contributed by atoms with Gasteiger partial charge in [-0.25, -0.2) is 4.98 Å². The highest BCUT2D eigenvalue weighted by Crippen LogP contribution is 2.42. The fraction of sp³-hybridized carbons (Fsp3) is 0.348. The molecular formula is C23H24N4O3. The largest absolute Gasteiger partial charge is 0.496 e. The van der Waals surface area contributed by atoms with Gasteiger partial charge in [0.15, 0.2) is 0 Å². The molecule has 2 atom stereocenters. The normalized spacial score (nSPS) is 20.4. The van der Waals surface area contributed by atoms with Crippen LogP contribution in [-0.4, -0.2) is 40.8 Å². The van der Waals surface area contributed by atoms with Gasteiger partial charge in [0.25, 0.3) is 5.56 Å². The van der Waals surface area contributed by atoms with Crippen molar-refractivity contribution < 1.29 is 9.47 Å². The fourth-order valence-corrected chi connectivity index (χ4v) is 4.63. The number of rotatable bonds is 3. The van der Waals surface area contributed by atoms with E-state index in [1.165, 1.54) is 11.1 Å². The number of anilines is 1. The summed E-state index contributed by atoms with van der Waals surface area (Å²) in [7, 11) is 3.49. The zero-order chi connectivity index (χ0) is 20.7. The molecule has 1 aliphatic carbocycles. The van der Waals surface area contributed by atoms with Crippen LogP contribution in [0.2, 0.25) is 0 Å². The minimum Gasteiger partial charge on any atom is -0.496 e. The summed E-state index contributed by atoms with van der Waals surface area (Å²) in [6.45, 7) is 1.27. The monoisotopic (exact) mass is 404 g/mol. The zero-order valence-corrected chi connectivity index (χ0v) is 17.1. The molecule has 1 aromatic carbocycles. The lowest BCUT2D eigenvalue weighted by Gasteiger charge is -2.45. The van der Waals surface area contributed by atoms with Gasteiger partial charge in [0, 0.05) is 43.2 Å². The second-order valence-corrected chi connectivity index (χ2v) is 7.69. The maximum absolute atomic E-state index is 12.8. The van der Waals surface area contributed by atoms with Crippen LogP contribution < -0.4 is 15.2 Å². The zero-order valence-electron chi connectivity index (χ0n) is 17.1. The predicted octanol–water partition coefficient (Wildman–Crippen LogP) is 2.74. The van der Waals surface area contributed by atoms with Crippen LogP contribution in [0.3, 0.4) is 0 Å². The van der Waals surface area contributed by atoms with Gasteiger partial charge in [-0.15, -0.1) is 0 Å². The first-order valence-corrected chi connectivity index (χ1v) is 10.2. The van der Waals surface area contributed by atoms with Gasteiger partial charge in [-0.1, -0.05) is 12.1 Å². The highest BCUT2D eigenvalue weighted by Gasteiger charge is 2.39. The molecular weight excluding hydrogens is 380 g/mol. The van der Waals surface area contributed by atoms with Crippen LogP contribution in [0.25, 0.3) is 11.3 Å². The SMILES string of the molecule is COc1cccc2c1CC[C@H]1C2OCCN1c1nc(-c2ccncc2)cc(=O)n1C. The van der Waals surface area contributed by atoms with Crippen LogP contribution in [0, 0.1) is 0 Å². The molecule has 3 aromatic rings. The number of hydrogen-bond acceptors (Lipinski definition) is 6. The van der Waals surface area contributed by atoms with Crippen LogP contribution in [-0.2, 0) is 18.2 Å². The maximum atomic E-state index is 12.8. The van der Waals surface area contributed by atoms with Crippen molar-refractivity contribution in [3.8, 4) is 17.0 Å². The number of fused-ring (bicyclic) bond motifs is 3. The van der Waals surface area contributed by atoms with Crippen molar-refractivity contribution in [2.45, 2.75) is 25.0 Å². The molecule has 0 saturated carbocycles. The second kappa shape index (κ2) is 7.57. The van der Waals surface area contributed by atoms with E-state index in [0.29, 0.717) is 24.8 Å². The highest BCUT2D eigenvalue weighted by atomic mass is 16.5. The molecule has 5 rings (SSSR count). The summed E-state index contributed by atoms with van der Waals surface area (Å²) in [5, 5.41) is 0. The Morgan fingerprint density at radius 3 is 2.83 bits per heavy atom. The van der Waals surface area contributed by atoms with E-state index >= 15 is 0 Å². The van der Waals surface area contributed by atoms with Crippen molar-refractivity contribution in [2.75, 3.05) is 25.2 Å². The molecule has 30 heavy (non-hydrogen) atoms. The Morgan fingerprint density at radius 2 is 2.03 bits per heavy atom. The molecule has 1 unspecified atom stereocenters. The average Bonchev–Trinajstić information content (AvgIpc) is 2.80. The summed E-state index contributed by atoms with van der Waals surface area (Å²) in [4.78, 5) is 23.9. The first-order valence-electron chi connectivity index (χ1n) is 10.2. The minimum absolute atomic E-state index is 0.0703. The standard InChI is InChI=1S/C23H24N4O3/c1-26-21(28)14-18(15-8-10-24-11-9-15)25-23(26)27-12-13-30-22-17-4-3-5-20(29-2)16(17)6-7-19(22)27/h3-5,8-11,14,19,22H,6-7,12-13H2,1-2H3/t19-,22?/m0/s1. The number of benzene rings is 1. The Labute approximate surface area is 174 Å². The first kappa shape index (κ1) is 18.8. The molecule has 0 spiro atoms. The Kier molecular flexibility index (Phi) is 4.75. The van der Waals surface area contributed by atoms with Crippen LogP contribution in [0.15, 0.2) is 53.6 Å². The Bertz CT molecular complexity index is 1130. The molecule has 7 nitrogen and oxygen atoms in total. The summed E-state index contributed by atoms with van der Waals surface area (Å²) in [6.07, 6.45) is 5.17. The van der Waals surface area contributed by atoms with Gasteiger partial charge in [-0.3, -0.25) is 14.3 Å². The lowest BCUT2D eigenvalue weighted by Crippen LogP contribution is -2.51. The van der Waals surface area contributed by atoms with Crippen molar-refractivity contribution >= 4 is 5.95 Å². The third kappa shape index (κ3) is 3.06. The molecule has 154 valence electrons. The Morgan fingerprint density at radius 1 is 1.20 bits per heavy atom. The second-order valence-electron chi connectivity index (χ2n) is 7.69. The summed E-state index contributed by atoms with van der Waals surface area (Å²) in [5.74, 6) is 1.59. The van der Waals surface area contributed by atoms with Crippen LogP contribution in [0.4, 0.5) is 5.95 Å². The molecule has 1 saturated heterocycles. The van der Waals surface area contributed by atoms with E-state index in [-0.39, 0.29) is 17.7 Å². The van der Waals surface area contributed by atoms with Gasteiger partial charge in [0.05, 0.1) is 25.5 Å². The van der Waals surface area contributed by atoms with Gasteiger partial charge >= 0.3 is 0 Å². The fourth-order valence-electron chi connectivity index (χ4n) is 4.63. The van der Waals surface area contributed by atoms with E-state index in [2.05, 4.69) is 16.0 Å². The molecule has 0 radical (unpaired) electrons. The molecule has 7 heteroatoms. The third-order valence-electron chi connectivity index (χ3n) is 6.11. The molecule has 1 aliphatic heterocycles. The van der Waals surface area contributed by atoms with Crippen LogP contribution in [0.1, 0.15) is 23.7 Å². The summed E-state index contributed by atoms with van der Waals surface area (Å²) >= 11 is 0. The van der Waals surface area contributed by atoms with Crippen molar-refractivity contribution in [1.82, 2.24) is 14.5 Å².